The first-order valence-electron chi connectivity index (χ1n) is 8.40. The summed E-state index contributed by atoms with van der Waals surface area (Å²) < 4.78 is 13.3. The van der Waals surface area contributed by atoms with Crippen LogP contribution in [0.15, 0.2) is 48.5 Å². The molecule has 130 valence electrons. The zero-order valence-electron chi connectivity index (χ0n) is 14.2. The number of ketones is 1. The number of hydrogen-bond acceptors (Lipinski definition) is 3. The molecule has 0 aliphatic carbocycles. The summed E-state index contributed by atoms with van der Waals surface area (Å²) in [7, 11) is 0. The van der Waals surface area contributed by atoms with Gasteiger partial charge in [-0.2, -0.15) is 0 Å². The van der Waals surface area contributed by atoms with Crippen LogP contribution in [0, 0.1) is 12.7 Å². The predicted molar refractivity (Wildman–Crippen MR) is 94.3 cm³/mol. The minimum Gasteiger partial charge on any atom is -0.336 e. The average molecular weight is 340 g/mol. The van der Waals surface area contributed by atoms with Crippen LogP contribution in [-0.2, 0) is 0 Å². The first kappa shape index (κ1) is 17.3. The lowest BCUT2D eigenvalue weighted by Crippen LogP contribution is -2.49. The summed E-state index contributed by atoms with van der Waals surface area (Å²) in [6, 6.07) is 13.7. The lowest BCUT2D eigenvalue weighted by atomic mass is 10.1. The van der Waals surface area contributed by atoms with Gasteiger partial charge in [0.15, 0.2) is 5.78 Å². The zero-order chi connectivity index (χ0) is 17.8. The van der Waals surface area contributed by atoms with Crippen molar-refractivity contribution >= 4 is 11.7 Å². The zero-order valence-corrected chi connectivity index (χ0v) is 14.2. The van der Waals surface area contributed by atoms with E-state index in [1.165, 1.54) is 12.1 Å². The van der Waals surface area contributed by atoms with Crippen LogP contribution in [0.5, 0.6) is 0 Å². The van der Waals surface area contributed by atoms with Crippen molar-refractivity contribution in [3.63, 3.8) is 0 Å². The SMILES string of the molecule is Cc1cc(C(=O)CN2CCN(C(=O)c3ccccc3)CC2)ccc1F. The number of nitrogens with zero attached hydrogens (tertiary/aromatic N) is 2. The van der Waals surface area contributed by atoms with Crippen molar-refractivity contribution < 1.29 is 14.0 Å². The van der Waals surface area contributed by atoms with Gasteiger partial charge in [0.25, 0.3) is 5.91 Å². The summed E-state index contributed by atoms with van der Waals surface area (Å²) in [5, 5.41) is 0. The van der Waals surface area contributed by atoms with Crippen LogP contribution >= 0.6 is 0 Å². The number of Topliss-reactive ketones (excluding diaryl/α,β-unsaturated/α-hetero) is 1. The van der Waals surface area contributed by atoms with Gasteiger partial charge >= 0.3 is 0 Å². The summed E-state index contributed by atoms with van der Waals surface area (Å²) in [5.74, 6) is -0.295. The van der Waals surface area contributed by atoms with E-state index in [0.717, 1.165) is 0 Å². The third kappa shape index (κ3) is 4.12. The van der Waals surface area contributed by atoms with E-state index < -0.39 is 0 Å². The lowest BCUT2D eigenvalue weighted by Gasteiger charge is -2.34. The quantitative estimate of drug-likeness (QED) is 0.804. The Morgan fingerprint density at radius 2 is 1.64 bits per heavy atom. The van der Waals surface area contributed by atoms with Crippen molar-refractivity contribution in [2.24, 2.45) is 0 Å². The number of carbonyl (C=O) groups excluding carboxylic acids is 2. The lowest BCUT2D eigenvalue weighted by molar-refractivity contribution is 0.0624. The van der Waals surface area contributed by atoms with Crippen molar-refractivity contribution in [3.05, 3.63) is 71.0 Å². The van der Waals surface area contributed by atoms with E-state index in [1.807, 2.05) is 40.1 Å². The summed E-state index contributed by atoms with van der Waals surface area (Å²) in [4.78, 5) is 28.6. The highest BCUT2D eigenvalue weighted by molar-refractivity contribution is 5.98. The van der Waals surface area contributed by atoms with Gasteiger partial charge in [-0.05, 0) is 42.8 Å². The molecule has 4 nitrogen and oxygen atoms in total. The molecule has 0 unspecified atom stereocenters. The Morgan fingerprint density at radius 3 is 2.28 bits per heavy atom. The molecule has 1 fully saturated rings. The van der Waals surface area contributed by atoms with Gasteiger partial charge in [-0.25, -0.2) is 4.39 Å². The monoisotopic (exact) mass is 340 g/mol. The highest BCUT2D eigenvalue weighted by Crippen LogP contribution is 2.12. The third-order valence-corrected chi connectivity index (χ3v) is 4.53. The Balaban J connectivity index is 1.54. The van der Waals surface area contributed by atoms with Gasteiger partial charge in [0.2, 0.25) is 0 Å². The fraction of sp³-hybridized carbons (Fsp3) is 0.300. The van der Waals surface area contributed by atoms with Gasteiger partial charge in [-0.3, -0.25) is 14.5 Å². The molecular formula is C20H21FN2O2. The number of piperazine rings is 1. The van der Waals surface area contributed by atoms with Crippen LogP contribution in [0.3, 0.4) is 0 Å². The number of aryl methyl sites for hydroxylation is 1. The van der Waals surface area contributed by atoms with Crippen LogP contribution in [0.1, 0.15) is 26.3 Å². The minimum absolute atomic E-state index is 0.0223. The topological polar surface area (TPSA) is 40.6 Å². The third-order valence-electron chi connectivity index (χ3n) is 4.53. The highest BCUT2D eigenvalue weighted by Gasteiger charge is 2.23. The number of halogens is 1. The molecule has 0 atom stereocenters. The van der Waals surface area contributed by atoms with Crippen LogP contribution in [0.2, 0.25) is 0 Å². The van der Waals surface area contributed by atoms with E-state index in [4.69, 9.17) is 0 Å². The van der Waals surface area contributed by atoms with Gasteiger partial charge in [0, 0.05) is 37.3 Å². The summed E-state index contributed by atoms with van der Waals surface area (Å²) in [5.41, 5.74) is 1.69. The summed E-state index contributed by atoms with van der Waals surface area (Å²) in [6.07, 6.45) is 0. The van der Waals surface area contributed by atoms with Crippen molar-refractivity contribution in [1.82, 2.24) is 9.80 Å². The molecule has 1 amide bonds. The second kappa shape index (κ2) is 7.57. The molecule has 1 aliphatic heterocycles. The molecule has 25 heavy (non-hydrogen) atoms. The van der Waals surface area contributed by atoms with Gasteiger partial charge in [-0.1, -0.05) is 18.2 Å². The van der Waals surface area contributed by atoms with Crippen molar-refractivity contribution in [2.75, 3.05) is 32.7 Å². The number of benzene rings is 2. The molecule has 0 radical (unpaired) electrons. The number of rotatable bonds is 4. The number of carbonyl (C=O) groups is 2. The van der Waals surface area contributed by atoms with E-state index in [9.17, 15) is 14.0 Å². The fourth-order valence-corrected chi connectivity index (χ4v) is 2.98. The molecule has 0 bridgehead atoms. The van der Waals surface area contributed by atoms with Crippen LogP contribution in [0.25, 0.3) is 0 Å². The Hall–Kier alpha value is -2.53. The maximum absolute atomic E-state index is 13.3. The smallest absolute Gasteiger partial charge is 0.253 e. The molecule has 0 aromatic heterocycles. The first-order valence-corrected chi connectivity index (χ1v) is 8.40. The highest BCUT2D eigenvalue weighted by atomic mass is 19.1. The second-order valence-electron chi connectivity index (χ2n) is 6.32. The van der Waals surface area contributed by atoms with Crippen molar-refractivity contribution in [2.45, 2.75) is 6.92 Å². The Morgan fingerprint density at radius 1 is 0.960 bits per heavy atom. The van der Waals surface area contributed by atoms with Gasteiger partial charge in [0.1, 0.15) is 5.82 Å². The molecule has 5 heteroatoms. The van der Waals surface area contributed by atoms with E-state index >= 15 is 0 Å². The van der Waals surface area contributed by atoms with Crippen molar-refractivity contribution in [3.8, 4) is 0 Å². The molecular weight excluding hydrogens is 319 g/mol. The molecule has 0 saturated carbocycles. The maximum Gasteiger partial charge on any atom is 0.253 e. The number of amides is 1. The molecule has 0 N–H and O–H groups in total. The molecule has 1 saturated heterocycles. The summed E-state index contributed by atoms with van der Waals surface area (Å²) in [6.45, 7) is 4.46. The van der Waals surface area contributed by atoms with Crippen LogP contribution in [-0.4, -0.2) is 54.2 Å². The van der Waals surface area contributed by atoms with Crippen LogP contribution in [0.4, 0.5) is 4.39 Å². The average Bonchev–Trinajstić information content (AvgIpc) is 2.64. The minimum atomic E-state index is -0.301. The Labute approximate surface area is 146 Å². The normalized spacial score (nSPS) is 15.2. The molecule has 2 aromatic carbocycles. The molecule has 3 rings (SSSR count). The van der Waals surface area contributed by atoms with Gasteiger partial charge in [-0.15, -0.1) is 0 Å². The predicted octanol–water partition coefficient (Wildman–Crippen LogP) is 2.77. The second-order valence-corrected chi connectivity index (χ2v) is 6.32. The van der Waals surface area contributed by atoms with Crippen molar-refractivity contribution in [1.29, 1.82) is 0 Å². The molecule has 2 aromatic rings. The van der Waals surface area contributed by atoms with Gasteiger partial charge in [0.05, 0.1) is 6.54 Å². The molecule has 1 aliphatic rings. The first-order chi connectivity index (χ1) is 12.0. The fourth-order valence-electron chi connectivity index (χ4n) is 2.98. The van der Waals surface area contributed by atoms with Gasteiger partial charge < -0.3 is 4.90 Å². The Kier molecular flexibility index (Phi) is 5.24. The number of hydrogen-bond donors (Lipinski definition) is 0. The maximum atomic E-state index is 13.3. The van der Waals surface area contributed by atoms with E-state index in [2.05, 4.69) is 0 Å². The van der Waals surface area contributed by atoms with E-state index in [0.29, 0.717) is 49.4 Å². The largest absolute Gasteiger partial charge is 0.336 e. The molecule has 1 heterocycles. The van der Waals surface area contributed by atoms with E-state index in [1.54, 1.807) is 13.0 Å². The standard InChI is InChI=1S/C20H21FN2O2/c1-15-13-17(7-8-18(15)21)19(24)14-22-9-11-23(12-10-22)20(25)16-5-3-2-4-6-16/h2-8,13H,9-12,14H2,1H3. The van der Waals surface area contributed by atoms with Crippen LogP contribution < -0.4 is 0 Å². The Bertz CT molecular complexity index is 769. The molecule has 0 spiro atoms. The van der Waals surface area contributed by atoms with E-state index in [-0.39, 0.29) is 17.5 Å². The summed E-state index contributed by atoms with van der Waals surface area (Å²) >= 11 is 0.